The zero-order chi connectivity index (χ0) is 16.5. The number of fused-ring (bicyclic) bond motifs is 3. The summed E-state index contributed by atoms with van der Waals surface area (Å²) < 4.78 is 0. The predicted molar refractivity (Wildman–Crippen MR) is 97.0 cm³/mol. The number of rotatable bonds is 3. The molecule has 0 saturated carbocycles. The van der Waals surface area contributed by atoms with Crippen LogP contribution in [-0.2, 0) is 18.6 Å². The van der Waals surface area contributed by atoms with Crippen molar-refractivity contribution in [1.29, 1.82) is 5.26 Å². The second-order valence-electron chi connectivity index (χ2n) is 5.70. The molecule has 24 heavy (non-hydrogen) atoms. The van der Waals surface area contributed by atoms with Crippen molar-refractivity contribution in [2.45, 2.75) is 36.5 Å². The molecule has 0 unspecified atom stereocenters. The van der Waals surface area contributed by atoms with Gasteiger partial charge in [-0.05, 0) is 43.4 Å². The van der Waals surface area contributed by atoms with E-state index < -0.39 is 0 Å². The van der Waals surface area contributed by atoms with E-state index in [9.17, 15) is 0 Å². The average molecular weight is 353 g/mol. The molecular weight excluding hydrogens is 338 g/mol. The molecule has 2 N–H and O–H groups in total. The zero-order valence-electron chi connectivity index (χ0n) is 13.0. The molecule has 0 amide bonds. The van der Waals surface area contributed by atoms with Gasteiger partial charge in [-0.1, -0.05) is 11.8 Å². The summed E-state index contributed by atoms with van der Waals surface area (Å²) in [7, 11) is 0. The number of nitrogen functional groups attached to an aromatic ring is 1. The van der Waals surface area contributed by atoms with E-state index in [1.165, 1.54) is 35.0 Å². The Morgan fingerprint density at radius 2 is 2.17 bits per heavy atom. The van der Waals surface area contributed by atoms with Crippen molar-refractivity contribution in [1.82, 2.24) is 15.0 Å². The number of aromatic nitrogens is 3. The Balaban J connectivity index is 1.62. The zero-order valence-corrected chi connectivity index (χ0v) is 14.6. The quantitative estimate of drug-likeness (QED) is 0.722. The number of nitrogens with two attached hydrogens (primary N) is 1. The number of aryl methyl sites for hydroxylation is 2. The molecule has 0 aromatic carbocycles. The van der Waals surface area contributed by atoms with Crippen LogP contribution in [0.25, 0.3) is 10.2 Å². The molecule has 1 aliphatic rings. The lowest BCUT2D eigenvalue weighted by Crippen LogP contribution is -2.02. The lowest BCUT2D eigenvalue weighted by molar-refractivity contribution is 0.700. The van der Waals surface area contributed by atoms with Crippen LogP contribution in [0.5, 0.6) is 0 Å². The molecule has 3 aromatic rings. The van der Waals surface area contributed by atoms with Crippen LogP contribution in [0.1, 0.15) is 34.7 Å². The van der Waals surface area contributed by atoms with Gasteiger partial charge < -0.3 is 5.73 Å². The van der Waals surface area contributed by atoms with E-state index in [1.807, 2.05) is 0 Å². The third kappa shape index (κ3) is 2.83. The van der Waals surface area contributed by atoms with Gasteiger partial charge in [0.25, 0.3) is 0 Å². The van der Waals surface area contributed by atoms with Crippen LogP contribution in [0.15, 0.2) is 23.4 Å². The first-order valence-corrected chi connectivity index (χ1v) is 9.60. The highest BCUT2D eigenvalue weighted by Crippen LogP contribution is 2.38. The molecule has 5 nitrogen and oxygen atoms in total. The molecule has 4 rings (SSSR count). The van der Waals surface area contributed by atoms with E-state index in [2.05, 4.69) is 16.0 Å². The summed E-state index contributed by atoms with van der Waals surface area (Å²) in [4.78, 5) is 15.9. The molecule has 0 radical (unpaired) electrons. The second kappa shape index (κ2) is 6.38. The fourth-order valence-corrected chi connectivity index (χ4v) is 5.03. The molecule has 0 atom stereocenters. The molecule has 3 aromatic heterocycles. The molecule has 1 aliphatic carbocycles. The van der Waals surface area contributed by atoms with Gasteiger partial charge in [0, 0.05) is 11.1 Å². The number of thioether (sulfide) groups is 1. The highest BCUT2D eigenvalue weighted by Gasteiger charge is 2.20. The van der Waals surface area contributed by atoms with E-state index >= 15 is 0 Å². The van der Waals surface area contributed by atoms with Crippen molar-refractivity contribution in [2.75, 3.05) is 5.73 Å². The first kappa shape index (κ1) is 15.4. The Bertz CT molecular complexity index is 958. The van der Waals surface area contributed by atoms with Gasteiger partial charge in [0.1, 0.15) is 16.5 Å². The lowest BCUT2D eigenvalue weighted by atomic mass is 9.97. The number of nitrogens with zero attached hydrogens (tertiary/aromatic N) is 4. The van der Waals surface area contributed by atoms with Gasteiger partial charge in [0.05, 0.1) is 27.8 Å². The number of thiophene rings is 1. The van der Waals surface area contributed by atoms with Crippen molar-refractivity contribution < 1.29 is 0 Å². The van der Waals surface area contributed by atoms with E-state index in [0.717, 1.165) is 28.1 Å². The van der Waals surface area contributed by atoms with Gasteiger partial charge in [0.15, 0.2) is 0 Å². The smallest absolute Gasteiger partial charge is 0.142 e. The van der Waals surface area contributed by atoms with Crippen molar-refractivity contribution in [3.63, 3.8) is 0 Å². The minimum absolute atomic E-state index is 0.588. The largest absolute Gasteiger partial charge is 0.383 e. The first-order chi connectivity index (χ1) is 11.7. The topological polar surface area (TPSA) is 88.5 Å². The third-order valence-electron chi connectivity index (χ3n) is 4.10. The van der Waals surface area contributed by atoms with Gasteiger partial charge >= 0.3 is 0 Å². The number of pyridine rings is 1. The van der Waals surface area contributed by atoms with E-state index in [1.54, 1.807) is 29.7 Å². The summed E-state index contributed by atoms with van der Waals surface area (Å²) >= 11 is 3.27. The maximum atomic E-state index is 8.96. The number of anilines is 1. The third-order valence-corrected chi connectivity index (χ3v) is 6.21. The fraction of sp³-hybridized carbons (Fsp3) is 0.294. The standard InChI is InChI=1S/C17H15N5S2/c18-8-10-5-6-20-14(7-10)23-9-13-21-16(19)15-11-3-1-2-4-12(11)24-17(15)22-13/h5-7H,1-4,9H2,(H2,19,21,22). The Kier molecular flexibility index (Phi) is 4.08. The maximum absolute atomic E-state index is 8.96. The van der Waals surface area contributed by atoms with E-state index in [4.69, 9.17) is 16.0 Å². The molecule has 3 heterocycles. The minimum atomic E-state index is 0.588. The fourth-order valence-electron chi connectivity index (χ4n) is 2.99. The van der Waals surface area contributed by atoms with Crippen LogP contribution in [0, 0.1) is 11.3 Å². The van der Waals surface area contributed by atoms with Crippen LogP contribution >= 0.6 is 23.1 Å². The summed E-state index contributed by atoms with van der Waals surface area (Å²) in [5.74, 6) is 1.89. The lowest BCUT2D eigenvalue weighted by Gasteiger charge is -2.10. The SMILES string of the molecule is N#Cc1ccnc(SCc2nc(N)c3c4c(sc3n2)CCCC4)c1. The maximum Gasteiger partial charge on any atom is 0.142 e. The summed E-state index contributed by atoms with van der Waals surface area (Å²) in [5.41, 5.74) is 8.20. The molecule has 0 bridgehead atoms. The second-order valence-corrected chi connectivity index (χ2v) is 7.78. The highest BCUT2D eigenvalue weighted by molar-refractivity contribution is 7.98. The van der Waals surface area contributed by atoms with Crippen LogP contribution in [0.2, 0.25) is 0 Å². The van der Waals surface area contributed by atoms with E-state index in [0.29, 0.717) is 23.0 Å². The van der Waals surface area contributed by atoms with Gasteiger partial charge in [0.2, 0.25) is 0 Å². The summed E-state index contributed by atoms with van der Waals surface area (Å²) in [6.45, 7) is 0. The first-order valence-electron chi connectivity index (χ1n) is 7.80. The average Bonchev–Trinajstić information content (AvgIpc) is 2.99. The summed E-state index contributed by atoms with van der Waals surface area (Å²) in [6.07, 6.45) is 6.33. The summed E-state index contributed by atoms with van der Waals surface area (Å²) in [6, 6.07) is 5.59. The van der Waals surface area contributed by atoms with E-state index in [-0.39, 0.29) is 0 Å². The van der Waals surface area contributed by atoms with Crippen molar-refractivity contribution in [3.05, 3.63) is 40.2 Å². The molecule has 0 spiro atoms. The van der Waals surface area contributed by atoms with Gasteiger partial charge in [-0.25, -0.2) is 15.0 Å². The number of hydrogen-bond acceptors (Lipinski definition) is 7. The van der Waals surface area contributed by atoms with Gasteiger partial charge in [-0.3, -0.25) is 0 Å². The molecule has 7 heteroatoms. The van der Waals surface area contributed by atoms with Crippen molar-refractivity contribution >= 4 is 39.1 Å². The molecule has 0 fully saturated rings. The Morgan fingerprint density at radius 3 is 3.04 bits per heavy atom. The number of hydrogen-bond donors (Lipinski definition) is 1. The molecule has 0 saturated heterocycles. The van der Waals surface area contributed by atoms with Crippen LogP contribution in [0.3, 0.4) is 0 Å². The predicted octanol–water partition coefficient (Wildman–Crippen LogP) is 3.71. The van der Waals surface area contributed by atoms with Crippen LogP contribution < -0.4 is 5.73 Å². The normalized spacial score (nSPS) is 13.6. The molecule has 120 valence electrons. The Labute approximate surface area is 148 Å². The number of nitriles is 1. The monoisotopic (exact) mass is 353 g/mol. The molecule has 0 aliphatic heterocycles. The Hall–Kier alpha value is -2.17. The van der Waals surface area contributed by atoms with Crippen molar-refractivity contribution in [2.24, 2.45) is 0 Å². The minimum Gasteiger partial charge on any atom is -0.383 e. The Morgan fingerprint density at radius 1 is 1.29 bits per heavy atom. The summed E-state index contributed by atoms with van der Waals surface area (Å²) in [5, 5.41) is 10.8. The highest BCUT2D eigenvalue weighted by atomic mass is 32.2. The van der Waals surface area contributed by atoms with Crippen LogP contribution in [0.4, 0.5) is 5.82 Å². The van der Waals surface area contributed by atoms with Crippen molar-refractivity contribution in [3.8, 4) is 6.07 Å². The van der Waals surface area contributed by atoms with Gasteiger partial charge in [-0.15, -0.1) is 11.3 Å². The molecular formula is C17H15N5S2. The van der Waals surface area contributed by atoms with Crippen LogP contribution in [-0.4, -0.2) is 15.0 Å². The van der Waals surface area contributed by atoms with Gasteiger partial charge in [-0.2, -0.15) is 5.26 Å².